The number of rotatable bonds is 5. The van der Waals surface area contributed by atoms with Crippen molar-refractivity contribution in [2.45, 2.75) is 12.8 Å². The molecule has 1 fully saturated rings. The van der Waals surface area contributed by atoms with Gasteiger partial charge in [0.1, 0.15) is 17.4 Å². The van der Waals surface area contributed by atoms with Crippen LogP contribution < -0.4 is 25.6 Å². The topological polar surface area (TPSA) is 88.8 Å². The van der Waals surface area contributed by atoms with E-state index in [2.05, 4.69) is 20.2 Å². The maximum atomic E-state index is 13.9. The number of ether oxygens (including phenoxy) is 2. The lowest BCUT2D eigenvalue weighted by Gasteiger charge is -2.29. The average molecular weight is 469 g/mol. The summed E-state index contributed by atoms with van der Waals surface area (Å²) >= 11 is 0. The molecule has 5 rings (SSSR count). The number of aromatic nitrogens is 2. The van der Waals surface area contributed by atoms with Gasteiger partial charge in [-0.25, -0.2) is 8.78 Å². The van der Waals surface area contributed by atoms with Crippen LogP contribution in [0.5, 0.6) is 5.75 Å². The highest BCUT2D eigenvalue weighted by molar-refractivity contribution is 5.75. The molecule has 2 aromatic carbocycles. The first-order chi connectivity index (χ1) is 16.4. The van der Waals surface area contributed by atoms with Crippen LogP contribution in [-0.4, -0.2) is 49.9 Å². The zero-order chi connectivity index (χ0) is 23.8. The predicted molar refractivity (Wildman–Crippen MR) is 128 cm³/mol. The van der Waals surface area contributed by atoms with Crippen LogP contribution in [-0.2, 0) is 4.74 Å². The number of anilines is 6. The van der Waals surface area contributed by atoms with E-state index in [1.54, 1.807) is 7.11 Å². The fraction of sp³-hybridized carbons (Fsp3) is 0.333. The largest absolute Gasteiger partial charge is 0.494 e. The lowest BCUT2D eigenvalue weighted by atomic mass is 10.1. The van der Waals surface area contributed by atoms with Crippen molar-refractivity contribution < 1.29 is 18.3 Å². The number of hydrogen-bond donors (Lipinski definition) is 2. The Morgan fingerprint density at radius 3 is 2.56 bits per heavy atom. The molecule has 1 saturated heterocycles. The first kappa shape index (κ1) is 22.1. The van der Waals surface area contributed by atoms with Crippen LogP contribution in [0.2, 0.25) is 0 Å². The van der Waals surface area contributed by atoms with Crippen molar-refractivity contribution in [2.75, 3.05) is 60.8 Å². The molecule has 0 saturated carbocycles. The summed E-state index contributed by atoms with van der Waals surface area (Å²) in [6.45, 7) is 5.55. The van der Waals surface area contributed by atoms with E-state index in [1.807, 2.05) is 30.0 Å². The highest BCUT2D eigenvalue weighted by Crippen LogP contribution is 2.43. The maximum Gasteiger partial charge on any atom is 0.231 e. The van der Waals surface area contributed by atoms with Crippen LogP contribution in [0.1, 0.15) is 18.4 Å². The van der Waals surface area contributed by atoms with Crippen molar-refractivity contribution in [1.82, 2.24) is 9.97 Å². The van der Waals surface area contributed by atoms with Gasteiger partial charge in [0.25, 0.3) is 0 Å². The molecule has 3 heterocycles. The van der Waals surface area contributed by atoms with Crippen molar-refractivity contribution in [2.24, 2.45) is 0 Å². The van der Waals surface area contributed by atoms with Crippen LogP contribution >= 0.6 is 0 Å². The Hall–Kier alpha value is -3.66. The fourth-order valence-corrected chi connectivity index (χ4v) is 4.46. The number of nitrogen functional groups attached to an aromatic ring is 1. The molecule has 1 aromatic heterocycles. The van der Waals surface area contributed by atoms with Gasteiger partial charge in [-0.3, -0.25) is 0 Å². The van der Waals surface area contributed by atoms with Gasteiger partial charge in [0.05, 0.1) is 26.0 Å². The molecule has 3 aromatic rings. The second-order valence-electron chi connectivity index (χ2n) is 8.39. The van der Waals surface area contributed by atoms with E-state index in [-0.39, 0.29) is 11.9 Å². The SMILES string of the molecule is COc1cc(N2CCOCC2)ccc1Nc1nc(N)c2c(n1)N(c1ccc(F)c(F)c1)CC2C. The van der Waals surface area contributed by atoms with Crippen molar-refractivity contribution in [3.05, 3.63) is 53.6 Å². The van der Waals surface area contributed by atoms with E-state index in [0.29, 0.717) is 48.5 Å². The van der Waals surface area contributed by atoms with Crippen molar-refractivity contribution in [1.29, 1.82) is 0 Å². The third kappa shape index (κ3) is 4.05. The highest BCUT2D eigenvalue weighted by atomic mass is 19.2. The molecule has 3 N–H and O–H groups in total. The third-order valence-corrected chi connectivity index (χ3v) is 6.18. The van der Waals surface area contributed by atoms with Gasteiger partial charge in [0.2, 0.25) is 5.95 Å². The van der Waals surface area contributed by atoms with Gasteiger partial charge >= 0.3 is 0 Å². The number of halogens is 2. The number of nitrogens with two attached hydrogens (primary N) is 1. The summed E-state index contributed by atoms with van der Waals surface area (Å²) in [6.07, 6.45) is 0. The van der Waals surface area contributed by atoms with Gasteiger partial charge in [-0.15, -0.1) is 0 Å². The molecule has 178 valence electrons. The van der Waals surface area contributed by atoms with Crippen molar-refractivity contribution >= 4 is 34.6 Å². The molecule has 0 amide bonds. The molecule has 0 radical (unpaired) electrons. The summed E-state index contributed by atoms with van der Waals surface area (Å²) in [6, 6.07) is 9.67. The van der Waals surface area contributed by atoms with Gasteiger partial charge in [-0.1, -0.05) is 6.92 Å². The predicted octanol–water partition coefficient (Wildman–Crippen LogP) is 4.18. The minimum atomic E-state index is -0.913. The number of nitrogens with one attached hydrogen (secondary N) is 1. The Balaban J connectivity index is 1.46. The third-order valence-electron chi connectivity index (χ3n) is 6.18. The molecule has 2 aliphatic heterocycles. The highest BCUT2D eigenvalue weighted by Gasteiger charge is 2.32. The summed E-state index contributed by atoms with van der Waals surface area (Å²) in [5.74, 6) is 0.0521. The van der Waals surface area contributed by atoms with E-state index in [9.17, 15) is 8.78 Å². The number of methoxy groups -OCH3 is 1. The van der Waals surface area contributed by atoms with Crippen LogP contribution in [0.15, 0.2) is 36.4 Å². The Bertz CT molecular complexity index is 1220. The van der Waals surface area contributed by atoms with E-state index < -0.39 is 11.6 Å². The first-order valence-electron chi connectivity index (χ1n) is 11.1. The molecule has 1 unspecified atom stereocenters. The summed E-state index contributed by atoms with van der Waals surface area (Å²) < 4.78 is 38.4. The minimum Gasteiger partial charge on any atom is -0.494 e. The number of fused-ring (bicyclic) bond motifs is 1. The molecule has 0 aliphatic carbocycles. The molecule has 1 atom stereocenters. The Kier molecular flexibility index (Phi) is 5.82. The second kappa shape index (κ2) is 8.94. The summed E-state index contributed by atoms with van der Waals surface area (Å²) in [4.78, 5) is 13.2. The van der Waals surface area contributed by atoms with E-state index in [0.717, 1.165) is 36.5 Å². The molecule has 0 spiro atoms. The normalized spacial score (nSPS) is 17.6. The first-order valence-corrected chi connectivity index (χ1v) is 11.1. The number of benzene rings is 2. The van der Waals surface area contributed by atoms with E-state index in [4.69, 9.17) is 15.2 Å². The maximum absolute atomic E-state index is 13.9. The minimum absolute atomic E-state index is 0.0273. The Morgan fingerprint density at radius 1 is 1.06 bits per heavy atom. The monoisotopic (exact) mass is 468 g/mol. The summed E-state index contributed by atoms with van der Waals surface area (Å²) in [7, 11) is 1.61. The molecular weight excluding hydrogens is 442 g/mol. The zero-order valence-electron chi connectivity index (χ0n) is 19.0. The number of nitrogens with zero attached hydrogens (tertiary/aromatic N) is 4. The average Bonchev–Trinajstić information content (AvgIpc) is 3.18. The zero-order valence-corrected chi connectivity index (χ0v) is 19.0. The van der Waals surface area contributed by atoms with E-state index in [1.165, 1.54) is 6.07 Å². The lowest BCUT2D eigenvalue weighted by Crippen LogP contribution is -2.36. The second-order valence-corrected chi connectivity index (χ2v) is 8.39. The van der Waals surface area contributed by atoms with Gasteiger partial charge in [0.15, 0.2) is 11.6 Å². The van der Waals surface area contributed by atoms with Gasteiger partial charge in [-0.2, -0.15) is 9.97 Å². The van der Waals surface area contributed by atoms with Gasteiger partial charge < -0.3 is 30.3 Å². The standard InChI is InChI=1S/C24H26F2N6O2/c1-14-13-32(16-3-5-17(25)18(26)11-16)23-21(14)22(27)29-24(30-23)28-19-6-4-15(12-20(19)33-2)31-7-9-34-10-8-31/h3-6,11-12,14H,7-10,13H2,1-2H3,(H3,27,28,29,30). The smallest absolute Gasteiger partial charge is 0.231 e. The molecule has 34 heavy (non-hydrogen) atoms. The molecular formula is C24H26F2N6O2. The molecule has 2 aliphatic rings. The Labute approximate surface area is 196 Å². The van der Waals surface area contributed by atoms with E-state index >= 15 is 0 Å². The van der Waals surface area contributed by atoms with Crippen LogP contribution in [0.3, 0.4) is 0 Å². The number of morpholine rings is 1. The summed E-state index contributed by atoms with van der Waals surface area (Å²) in [5.41, 5.74) is 9.31. The molecule has 10 heteroatoms. The Morgan fingerprint density at radius 2 is 1.82 bits per heavy atom. The molecule has 0 bridgehead atoms. The van der Waals surface area contributed by atoms with Crippen molar-refractivity contribution in [3.63, 3.8) is 0 Å². The van der Waals surface area contributed by atoms with Gasteiger partial charge in [-0.05, 0) is 24.3 Å². The van der Waals surface area contributed by atoms with Crippen LogP contribution in [0.25, 0.3) is 0 Å². The fourth-order valence-electron chi connectivity index (χ4n) is 4.46. The lowest BCUT2D eigenvalue weighted by molar-refractivity contribution is 0.122. The molecule has 8 nitrogen and oxygen atoms in total. The van der Waals surface area contributed by atoms with Gasteiger partial charge in [0, 0.05) is 54.6 Å². The quantitative estimate of drug-likeness (QED) is 0.577. The van der Waals surface area contributed by atoms with Crippen LogP contribution in [0.4, 0.5) is 43.4 Å². The van der Waals surface area contributed by atoms with Crippen LogP contribution in [0, 0.1) is 11.6 Å². The number of hydrogen-bond acceptors (Lipinski definition) is 8. The van der Waals surface area contributed by atoms with Crippen molar-refractivity contribution in [3.8, 4) is 5.75 Å². The summed E-state index contributed by atoms with van der Waals surface area (Å²) in [5, 5.41) is 3.20.